The van der Waals surface area contributed by atoms with Crippen molar-refractivity contribution < 1.29 is 9.59 Å². The number of carbonyl (C=O) groups excluding carboxylic acids is 2. The summed E-state index contributed by atoms with van der Waals surface area (Å²) in [5.74, 6) is 0. The Bertz CT molecular complexity index is 510. The van der Waals surface area contributed by atoms with Crippen LogP contribution in [0.3, 0.4) is 0 Å². The third-order valence-corrected chi connectivity index (χ3v) is 2.74. The lowest BCUT2D eigenvalue weighted by Gasteiger charge is -1.99. The molecule has 1 aliphatic carbocycles. The minimum Gasteiger partial charge on any atom is -0.352 e. The summed E-state index contributed by atoms with van der Waals surface area (Å²) in [7, 11) is 0. The molecular weight excluding hydrogens is 228 g/mol. The molecule has 0 saturated heterocycles. The predicted octanol–water partition coefficient (Wildman–Crippen LogP) is 1.78. The number of benzene rings is 2. The smallest absolute Gasteiger partial charge is 0.309 e. The van der Waals surface area contributed by atoms with Crippen LogP contribution in [0.4, 0.5) is 4.79 Å². The van der Waals surface area contributed by atoms with E-state index in [1.165, 1.54) is 34.7 Å². The van der Waals surface area contributed by atoms with Crippen LogP contribution in [-0.4, -0.2) is 12.8 Å². The van der Waals surface area contributed by atoms with Crippen molar-refractivity contribution in [3.63, 3.8) is 0 Å². The lowest BCUT2D eigenvalue weighted by Crippen LogP contribution is -2.18. The van der Waals surface area contributed by atoms with Gasteiger partial charge >= 0.3 is 6.03 Å². The molecule has 3 rings (SSSR count). The Morgan fingerprint density at radius 3 is 1.72 bits per heavy atom. The van der Waals surface area contributed by atoms with Crippen molar-refractivity contribution >= 4 is 23.6 Å². The molecule has 4 N–H and O–H groups in total. The van der Waals surface area contributed by atoms with Gasteiger partial charge in [-0.3, -0.25) is 0 Å². The van der Waals surface area contributed by atoms with E-state index in [1.807, 2.05) is 6.79 Å². The molecule has 0 heterocycles. The zero-order valence-corrected chi connectivity index (χ0v) is 10.1. The zero-order chi connectivity index (χ0) is 13.5. The molecule has 0 aliphatic heterocycles. The lowest BCUT2D eigenvalue weighted by atomic mass is 10.1. The molecule has 0 unspecified atom stereocenters. The predicted molar refractivity (Wildman–Crippen MR) is 72.2 cm³/mol. The topological polar surface area (TPSA) is 86.2 Å². The van der Waals surface area contributed by atoms with Gasteiger partial charge in [0.2, 0.25) is 0 Å². The molecule has 1 aliphatic rings. The minimum atomic E-state index is -0.833. The molecule has 4 heteroatoms. The third-order valence-electron chi connectivity index (χ3n) is 2.74. The van der Waals surface area contributed by atoms with Crippen molar-refractivity contribution in [2.75, 3.05) is 0 Å². The second-order valence-electron chi connectivity index (χ2n) is 3.83. The van der Waals surface area contributed by atoms with Crippen LogP contribution in [0.2, 0.25) is 0 Å². The maximum Gasteiger partial charge on any atom is 0.309 e. The van der Waals surface area contributed by atoms with E-state index in [0.717, 1.165) is 0 Å². The van der Waals surface area contributed by atoms with Crippen molar-refractivity contribution in [3.8, 4) is 0 Å². The monoisotopic (exact) mass is 244 g/mol. The van der Waals surface area contributed by atoms with Gasteiger partial charge < -0.3 is 16.3 Å². The molecule has 0 aromatic heterocycles. The van der Waals surface area contributed by atoms with E-state index < -0.39 is 6.03 Å². The van der Waals surface area contributed by atoms with Gasteiger partial charge in [0.1, 0.15) is 6.79 Å². The fourth-order valence-electron chi connectivity index (χ4n) is 2.19. The number of carbonyl (C=O) groups is 2. The summed E-state index contributed by atoms with van der Waals surface area (Å²) in [6.45, 7) is 2.00. The maximum atomic E-state index is 9.00. The zero-order valence-electron chi connectivity index (χ0n) is 10.1. The Hall–Kier alpha value is -2.36. The van der Waals surface area contributed by atoms with Crippen LogP contribution >= 0.6 is 0 Å². The molecule has 0 radical (unpaired) electrons. The van der Waals surface area contributed by atoms with Crippen molar-refractivity contribution in [1.82, 2.24) is 0 Å². The molecule has 94 valence electrons. The lowest BCUT2D eigenvalue weighted by molar-refractivity contribution is -0.0979. The number of primary amides is 2. The maximum absolute atomic E-state index is 9.00. The summed E-state index contributed by atoms with van der Waals surface area (Å²) >= 11 is 0. The first-order chi connectivity index (χ1) is 8.68. The molecule has 0 spiro atoms. The van der Waals surface area contributed by atoms with Crippen molar-refractivity contribution in [2.45, 2.75) is 12.8 Å². The van der Waals surface area contributed by atoms with Crippen LogP contribution in [0, 0.1) is 0 Å². The Morgan fingerprint density at radius 1 is 0.944 bits per heavy atom. The third kappa shape index (κ3) is 3.07. The van der Waals surface area contributed by atoms with Gasteiger partial charge in [-0.2, -0.15) is 0 Å². The Balaban J connectivity index is 0.000000235. The second-order valence-corrected chi connectivity index (χ2v) is 3.83. The quantitative estimate of drug-likeness (QED) is 0.740. The summed E-state index contributed by atoms with van der Waals surface area (Å²) in [5, 5.41) is 2.92. The molecule has 2 aromatic carbocycles. The number of hydrogen-bond acceptors (Lipinski definition) is 2. The highest BCUT2D eigenvalue weighted by Gasteiger charge is 2.11. The summed E-state index contributed by atoms with van der Waals surface area (Å²) in [4.78, 5) is 17.0. The first-order valence-electron chi connectivity index (χ1n) is 5.52. The van der Waals surface area contributed by atoms with Gasteiger partial charge in [0.25, 0.3) is 0 Å². The van der Waals surface area contributed by atoms with Gasteiger partial charge in [-0.05, 0) is 34.7 Å². The molecule has 0 atom stereocenters. The van der Waals surface area contributed by atoms with E-state index in [4.69, 9.17) is 9.59 Å². The molecule has 0 fully saturated rings. The molecule has 2 amide bonds. The average Bonchev–Trinajstić information content (AvgIpc) is 2.78. The fourth-order valence-corrected chi connectivity index (χ4v) is 2.19. The Morgan fingerprint density at radius 2 is 1.33 bits per heavy atom. The SMILES string of the molecule is C=O.NC(N)=O.c1cc2c3c(cccc3c1)CC2. The van der Waals surface area contributed by atoms with E-state index in [9.17, 15) is 0 Å². The van der Waals surface area contributed by atoms with E-state index in [-0.39, 0.29) is 0 Å². The molecule has 2 aromatic rings. The van der Waals surface area contributed by atoms with Crippen molar-refractivity contribution in [1.29, 1.82) is 0 Å². The van der Waals surface area contributed by atoms with Crippen LogP contribution in [0.15, 0.2) is 36.4 Å². The number of aryl methyl sites for hydroxylation is 2. The molecular formula is C14H16N2O2. The summed E-state index contributed by atoms with van der Waals surface area (Å²) in [6, 6.07) is 12.4. The minimum absolute atomic E-state index is 0.833. The van der Waals surface area contributed by atoms with Gasteiger partial charge in [0.15, 0.2) is 0 Å². The van der Waals surface area contributed by atoms with Gasteiger partial charge in [-0.15, -0.1) is 0 Å². The Kier molecular flexibility index (Phi) is 4.87. The van der Waals surface area contributed by atoms with Gasteiger partial charge in [0, 0.05) is 0 Å². The molecule has 18 heavy (non-hydrogen) atoms. The van der Waals surface area contributed by atoms with Gasteiger partial charge in [-0.25, -0.2) is 4.79 Å². The van der Waals surface area contributed by atoms with Crippen LogP contribution in [0.5, 0.6) is 0 Å². The summed E-state index contributed by atoms with van der Waals surface area (Å²) < 4.78 is 0. The van der Waals surface area contributed by atoms with Crippen LogP contribution in [0.1, 0.15) is 11.1 Å². The highest BCUT2D eigenvalue weighted by molar-refractivity contribution is 5.90. The van der Waals surface area contributed by atoms with E-state index in [2.05, 4.69) is 47.9 Å². The highest BCUT2D eigenvalue weighted by Crippen LogP contribution is 2.29. The average molecular weight is 244 g/mol. The van der Waals surface area contributed by atoms with E-state index in [0.29, 0.717) is 0 Å². The second kappa shape index (κ2) is 6.39. The van der Waals surface area contributed by atoms with E-state index in [1.54, 1.807) is 0 Å². The highest BCUT2D eigenvalue weighted by atomic mass is 16.2. The number of rotatable bonds is 0. The number of nitrogens with two attached hydrogens (primary N) is 2. The summed E-state index contributed by atoms with van der Waals surface area (Å²) in [6.07, 6.45) is 2.47. The number of hydrogen-bond donors (Lipinski definition) is 2. The van der Waals surface area contributed by atoms with Crippen molar-refractivity contribution in [2.24, 2.45) is 11.5 Å². The first kappa shape index (κ1) is 13.7. The first-order valence-corrected chi connectivity index (χ1v) is 5.52. The fraction of sp³-hybridized carbons (Fsp3) is 0.143. The van der Waals surface area contributed by atoms with Crippen LogP contribution in [0.25, 0.3) is 10.8 Å². The number of amides is 2. The molecule has 0 bridgehead atoms. The van der Waals surface area contributed by atoms with Gasteiger partial charge in [0.05, 0.1) is 0 Å². The molecule has 0 saturated carbocycles. The Labute approximate surface area is 106 Å². The van der Waals surface area contributed by atoms with Crippen LogP contribution in [-0.2, 0) is 17.6 Å². The van der Waals surface area contributed by atoms with Crippen molar-refractivity contribution in [3.05, 3.63) is 47.5 Å². The molecule has 4 nitrogen and oxygen atoms in total. The van der Waals surface area contributed by atoms with Crippen LogP contribution < -0.4 is 11.5 Å². The standard InChI is InChI=1S/C12H10.CH4N2O.CH2O/c1-3-9-4-2-6-11-8-7-10(5-1)12(9)11;2-1(3)4;1-2/h1-6H,7-8H2;(H4,2,3,4);1H2. The van der Waals surface area contributed by atoms with E-state index >= 15 is 0 Å². The normalized spacial score (nSPS) is 10.9. The summed E-state index contributed by atoms with van der Waals surface area (Å²) in [5.41, 5.74) is 11.6. The largest absolute Gasteiger partial charge is 0.352 e. The van der Waals surface area contributed by atoms with Gasteiger partial charge in [-0.1, -0.05) is 36.4 Å². The number of urea groups is 1.